The van der Waals surface area contributed by atoms with Crippen LogP contribution in [0.25, 0.3) is 20.7 Å². The molecule has 5 rings (SSSR count). The molecule has 0 saturated carbocycles. The second-order valence-corrected chi connectivity index (χ2v) is 8.75. The molecule has 0 spiro atoms. The van der Waals surface area contributed by atoms with Gasteiger partial charge in [0.1, 0.15) is 17.1 Å². The zero-order valence-electron chi connectivity index (χ0n) is 16.9. The van der Waals surface area contributed by atoms with E-state index in [0.29, 0.717) is 22.9 Å². The summed E-state index contributed by atoms with van der Waals surface area (Å²) in [4.78, 5) is 21.7. The molecule has 2 aromatic carbocycles. The van der Waals surface area contributed by atoms with Gasteiger partial charge < -0.3 is 9.30 Å². The fourth-order valence-corrected chi connectivity index (χ4v) is 4.59. The van der Waals surface area contributed by atoms with Crippen molar-refractivity contribution >= 4 is 33.2 Å². The first kappa shape index (κ1) is 20.4. The van der Waals surface area contributed by atoms with Gasteiger partial charge in [-0.15, -0.1) is 11.3 Å². The maximum Gasteiger partial charge on any atom is 0.290 e. The summed E-state index contributed by atoms with van der Waals surface area (Å²) in [5, 5.41) is 0.696. The number of rotatable bonds is 6. The van der Waals surface area contributed by atoms with Crippen molar-refractivity contribution in [3.05, 3.63) is 112 Å². The molecule has 3 heterocycles. The summed E-state index contributed by atoms with van der Waals surface area (Å²) in [5.41, 5.74) is 3.65. The predicted molar refractivity (Wildman–Crippen MR) is 128 cm³/mol. The molecule has 0 saturated heterocycles. The average Bonchev–Trinajstić information content (AvgIpc) is 3.29. The lowest BCUT2D eigenvalue weighted by Gasteiger charge is -2.07. The Kier molecular flexibility index (Phi) is 5.71. The van der Waals surface area contributed by atoms with E-state index in [1.807, 2.05) is 77.4 Å². The minimum atomic E-state index is -0.209. The summed E-state index contributed by atoms with van der Waals surface area (Å²) in [5.74, 6) is 0.768. The molecule has 3 aromatic heterocycles. The Labute approximate surface area is 193 Å². The van der Waals surface area contributed by atoms with Crippen molar-refractivity contribution in [2.24, 2.45) is 0 Å². The van der Waals surface area contributed by atoms with E-state index in [2.05, 4.69) is 9.97 Å². The van der Waals surface area contributed by atoms with Crippen molar-refractivity contribution in [3.63, 3.8) is 0 Å². The van der Waals surface area contributed by atoms with Crippen molar-refractivity contribution in [1.29, 1.82) is 0 Å². The Bertz CT molecular complexity index is 1410. The van der Waals surface area contributed by atoms with Gasteiger partial charge in [-0.2, -0.15) is 4.98 Å². The third-order valence-electron chi connectivity index (χ3n) is 5.05. The first-order chi connectivity index (χ1) is 15.7. The molecule has 0 amide bonds. The van der Waals surface area contributed by atoms with Crippen LogP contribution in [0.15, 0.2) is 90.1 Å². The predicted octanol–water partition coefficient (Wildman–Crippen LogP) is 5.80. The quantitative estimate of drug-likeness (QED) is 0.322. The highest BCUT2D eigenvalue weighted by Gasteiger charge is 2.12. The van der Waals surface area contributed by atoms with Crippen molar-refractivity contribution in [2.45, 2.75) is 13.2 Å². The molecule has 0 fully saturated rings. The number of halogens is 1. The van der Waals surface area contributed by atoms with Crippen LogP contribution < -0.4 is 10.3 Å². The summed E-state index contributed by atoms with van der Waals surface area (Å²) in [7, 11) is 0. The maximum atomic E-state index is 12.4. The molecule has 5 aromatic rings. The number of pyridine rings is 1. The first-order valence-corrected chi connectivity index (χ1v) is 11.2. The van der Waals surface area contributed by atoms with E-state index in [1.165, 1.54) is 11.3 Å². The topological polar surface area (TPSA) is 57.0 Å². The van der Waals surface area contributed by atoms with Crippen LogP contribution in [-0.4, -0.2) is 14.5 Å². The molecule has 0 aliphatic carbocycles. The first-order valence-electron chi connectivity index (χ1n) is 10.0. The molecule has 0 radical (unpaired) electrons. The van der Waals surface area contributed by atoms with Crippen LogP contribution in [0.4, 0.5) is 0 Å². The summed E-state index contributed by atoms with van der Waals surface area (Å²) in [6, 6.07) is 23.3. The molecule has 0 bridgehead atoms. The zero-order valence-corrected chi connectivity index (χ0v) is 18.5. The number of hydrogen-bond donors (Lipinski definition) is 0. The SMILES string of the molecule is O=c1ncn(Cc2ccc(Cl)cc2)c2cc(-c3ccc(OCc4ccccn4)cc3)sc12. The van der Waals surface area contributed by atoms with Crippen LogP contribution >= 0.6 is 22.9 Å². The normalized spacial score (nSPS) is 11.0. The summed E-state index contributed by atoms with van der Waals surface area (Å²) < 4.78 is 8.46. The van der Waals surface area contributed by atoms with Crippen molar-refractivity contribution in [3.8, 4) is 16.2 Å². The van der Waals surface area contributed by atoms with Crippen molar-refractivity contribution in [1.82, 2.24) is 14.5 Å². The fraction of sp³-hybridized carbons (Fsp3) is 0.0800. The molecule has 0 N–H and O–H groups in total. The molecule has 32 heavy (non-hydrogen) atoms. The third kappa shape index (κ3) is 4.42. The molecule has 0 aliphatic rings. The number of benzene rings is 2. The molecule has 7 heteroatoms. The Morgan fingerprint density at radius 1 is 0.969 bits per heavy atom. The minimum absolute atomic E-state index is 0.209. The van der Waals surface area contributed by atoms with Gasteiger partial charge in [0.2, 0.25) is 0 Å². The third-order valence-corrected chi connectivity index (χ3v) is 6.46. The molecular weight excluding hydrogens is 442 g/mol. The van der Waals surface area contributed by atoms with E-state index in [0.717, 1.165) is 33.0 Å². The highest BCUT2D eigenvalue weighted by molar-refractivity contribution is 7.22. The Morgan fingerprint density at radius 2 is 1.78 bits per heavy atom. The van der Waals surface area contributed by atoms with Crippen molar-refractivity contribution in [2.75, 3.05) is 0 Å². The molecule has 158 valence electrons. The zero-order chi connectivity index (χ0) is 21.9. The van der Waals surface area contributed by atoms with Crippen LogP contribution in [-0.2, 0) is 13.2 Å². The van der Waals surface area contributed by atoms with Crippen LogP contribution in [0.3, 0.4) is 0 Å². The number of thiophene rings is 1. The largest absolute Gasteiger partial charge is 0.487 e. The lowest BCUT2D eigenvalue weighted by atomic mass is 10.2. The van der Waals surface area contributed by atoms with Gasteiger partial charge in [-0.05, 0) is 65.7 Å². The summed E-state index contributed by atoms with van der Waals surface area (Å²) in [6.45, 7) is 1.02. The number of hydrogen-bond acceptors (Lipinski definition) is 5. The monoisotopic (exact) mass is 459 g/mol. The number of ether oxygens (including phenoxy) is 1. The number of nitrogens with zero attached hydrogens (tertiary/aromatic N) is 3. The summed E-state index contributed by atoms with van der Waals surface area (Å²) >= 11 is 7.45. The second-order valence-electron chi connectivity index (χ2n) is 7.26. The van der Waals surface area contributed by atoms with Gasteiger partial charge in [-0.3, -0.25) is 9.78 Å². The van der Waals surface area contributed by atoms with Gasteiger partial charge in [0.15, 0.2) is 0 Å². The van der Waals surface area contributed by atoms with Crippen LogP contribution in [0, 0.1) is 0 Å². The molecular formula is C25H18ClN3O2S. The Balaban J connectivity index is 1.40. The molecule has 5 nitrogen and oxygen atoms in total. The second kappa shape index (κ2) is 8.94. The maximum absolute atomic E-state index is 12.4. The lowest BCUT2D eigenvalue weighted by Crippen LogP contribution is -2.11. The van der Waals surface area contributed by atoms with E-state index in [1.54, 1.807) is 12.5 Å². The van der Waals surface area contributed by atoms with E-state index in [-0.39, 0.29) is 5.56 Å². The van der Waals surface area contributed by atoms with Gasteiger partial charge in [-0.25, -0.2) is 0 Å². The van der Waals surface area contributed by atoms with Gasteiger partial charge >= 0.3 is 0 Å². The van der Waals surface area contributed by atoms with Crippen LogP contribution in [0.1, 0.15) is 11.3 Å². The molecule has 0 aliphatic heterocycles. The van der Waals surface area contributed by atoms with Gasteiger partial charge in [0.05, 0.1) is 17.5 Å². The van der Waals surface area contributed by atoms with Crippen molar-refractivity contribution < 1.29 is 4.74 Å². The number of fused-ring (bicyclic) bond motifs is 1. The van der Waals surface area contributed by atoms with E-state index >= 15 is 0 Å². The van der Waals surface area contributed by atoms with E-state index in [4.69, 9.17) is 16.3 Å². The van der Waals surface area contributed by atoms with Gasteiger partial charge in [-0.1, -0.05) is 29.8 Å². The Morgan fingerprint density at radius 3 is 2.53 bits per heavy atom. The minimum Gasteiger partial charge on any atom is -0.487 e. The highest BCUT2D eigenvalue weighted by Crippen LogP contribution is 2.33. The molecule has 0 unspecified atom stereocenters. The Hall–Kier alpha value is -3.48. The van der Waals surface area contributed by atoms with E-state index in [9.17, 15) is 4.79 Å². The average molecular weight is 460 g/mol. The molecule has 0 atom stereocenters. The lowest BCUT2D eigenvalue weighted by molar-refractivity contribution is 0.301. The summed E-state index contributed by atoms with van der Waals surface area (Å²) in [6.07, 6.45) is 3.35. The van der Waals surface area contributed by atoms with Gasteiger partial charge in [0, 0.05) is 22.6 Å². The van der Waals surface area contributed by atoms with Crippen LogP contribution in [0.2, 0.25) is 5.02 Å². The fourth-order valence-electron chi connectivity index (χ4n) is 3.40. The standard InChI is InChI=1S/C25H18ClN3O2S/c26-19-8-4-17(5-9-19)14-29-16-28-25(30)24-22(29)13-23(32-24)18-6-10-21(11-7-18)31-15-20-3-1-2-12-27-20/h1-13,16H,14-15H2. The van der Waals surface area contributed by atoms with Crippen LogP contribution in [0.5, 0.6) is 5.75 Å². The number of aromatic nitrogens is 3. The highest BCUT2D eigenvalue weighted by atomic mass is 35.5. The van der Waals surface area contributed by atoms with Gasteiger partial charge in [0.25, 0.3) is 5.56 Å². The smallest absolute Gasteiger partial charge is 0.290 e. The van der Waals surface area contributed by atoms with E-state index < -0.39 is 0 Å².